The first-order valence-electron chi connectivity index (χ1n) is 6.63. The molecule has 0 unspecified atom stereocenters. The predicted molar refractivity (Wildman–Crippen MR) is 81.0 cm³/mol. The minimum absolute atomic E-state index is 0.428. The van der Waals surface area contributed by atoms with Crippen molar-refractivity contribution in [1.82, 2.24) is 0 Å². The van der Waals surface area contributed by atoms with Crippen LogP contribution in [0.25, 0.3) is 0 Å². The summed E-state index contributed by atoms with van der Waals surface area (Å²) in [6.07, 6.45) is 2.16. The molecule has 0 atom stereocenters. The highest BCUT2D eigenvalue weighted by Crippen LogP contribution is 2.38. The first kappa shape index (κ1) is 13.6. The van der Waals surface area contributed by atoms with E-state index in [1.165, 1.54) is 11.3 Å². The molecule has 2 aromatic rings. The van der Waals surface area contributed by atoms with Crippen molar-refractivity contribution in [1.29, 1.82) is 0 Å². The van der Waals surface area contributed by atoms with Gasteiger partial charge in [-0.15, -0.1) is 11.3 Å². The van der Waals surface area contributed by atoms with E-state index in [9.17, 15) is 9.59 Å². The van der Waals surface area contributed by atoms with Crippen molar-refractivity contribution in [2.45, 2.75) is 19.3 Å². The number of anilines is 1. The number of para-hydroxylation sites is 1. The van der Waals surface area contributed by atoms with Gasteiger partial charge in [0.2, 0.25) is 0 Å². The van der Waals surface area contributed by atoms with Gasteiger partial charge in [0.1, 0.15) is 10.8 Å². The van der Waals surface area contributed by atoms with Gasteiger partial charge in [-0.05, 0) is 37.0 Å². The van der Waals surface area contributed by atoms with Gasteiger partial charge in [0.05, 0.1) is 5.56 Å². The first-order valence-corrected chi connectivity index (χ1v) is 7.45. The summed E-state index contributed by atoms with van der Waals surface area (Å²) in [6.45, 7) is 0. The molecular weight excluding hydrogens is 288 g/mol. The smallest absolute Gasteiger partial charge is 0.410 e. The lowest BCUT2D eigenvalue weighted by Gasteiger charge is -2.06. The number of fused-ring (bicyclic) bond motifs is 1. The fourth-order valence-corrected chi connectivity index (χ4v) is 3.75. The van der Waals surface area contributed by atoms with Crippen molar-refractivity contribution in [3.8, 4) is 5.75 Å². The summed E-state index contributed by atoms with van der Waals surface area (Å²) >= 11 is 1.40. The molecule has 0 radical (unpaired) electrons. The van der Waals surface area contributed by atoms with Crippen LogP contribution in [0, 0.1) is 0 Å². The van der Waals surface area contributed by atoms with Gasteiger partial charge in [0.25, 0.3) is 5.91 Å². The van der Waals surface area contributed by atoms with E-state index in [-0.39, 0.29) is 0 Å². The molecule has 0 bridgehead atoms. The number of aryl methyl sites for hydroxylation is 1. The van der Waals surface area contributed by atoms with Crippen LogP contribution in [0.1, 0.15) is 27.2 Å². The first-order chi connectivity index (χ1) is 10.1. The molecule has 1 aromatic heterocycles. The highest BCUT2D eigenvalue weighted by molar-refractivity contribution is 7.17. The van der Waals surface area contributed by atoms with E-state index >= 15 is 0 Å². The standard InChI is InChI=1S/C15H14N2O3S/c16-13(18)12-10-7-4-8-11(10)21-14(12)17-15(19)20-9-5-2-1-3-6-9/h1-3,5-6H,4,7-8H2,(H2,16,18)(H,17,19). The van der Waals surface area contributed by atoms with Crippen LogP contribution in [-0.4, -0.2) is 12.0 Å². The Balaban J connectivity index is 1.79. The van der Waals surface area contributed by atoms with Crippen molar-refractivity contribution < 1.29 is 14.3 Å². The number of hydrogen-bond donors (Lipinski definition) is 2. The minimum atomic E-state index is -0.622. The number of carbonyl (C=O) groups excluding carboxylic acids is 2. The average molecular weight is 302 g/mol. The van der Waals surface area contributed by atoms with E-state index in [1.54, 1.807) is 24.3 Å². The lowest BCUT2D eigenvalue weighted by Crippen LogP contribution is -2.20. The van der Waals surface area contributed by atoms with Crippen LogP contribution < -0.4 is 15.8 Å². The van der Waals surface area contributed by atoms with Crippen LogP contribution in [0.15, 0.2) is 30.3 Å². The molecule has 0 fully saturated rings. The molecule has 1 aliphatic rings. The van der Waals surface area contributed by atoms with Gasteiger partial charge in [-0.25, -0.2) is 4.79 Å². The molecule has 0 saturated carbocycles. The Kier molecular flexibility index (Phi) is 3.62. The van der Waals surface area contributed by atoms with E-state index in [4.69, 9.17) is 10.5 Å². The number of ether oxygens (including phenoxy) is 1. The molecule has 0 saturated heterocycles. The van der Waals surface area contributed by atoms with E-state index in [1.807, 2.05) is 6.07 Å². The van der Waals surface area contributed by atoms with Crippen LogP contribution >= 0.6 is 11.3 Å². The Morgan fingerprint density at radius 2 is 1.95 bits per heavy atom. The van der Waals surface area contributed by atoms with E-state index in [0.717, 1.165) is 29.7 Å². The third kappa shape index (κ3) is 2.75. The lowest BCUT2D eigenvalue weighted by atomic mass is 10.1. The van der Waals surface area contributed by atoms with E-state index < -0.39 is 12.0 Å². The number of nitrogens with one attached hydrogen (secondary N) is 1. The Morgan fingerprint density at radius 3 is 2.67 bits per heavy atom. The highest BCUT2D eigenvalue weighted by atomic mass is 32.1. The molecule has 3 rings (SSSR count). The molecule has 108 valence electrons. The molecule has 1 heterocycles. The zero-order valence-electron chi connectivity index (χ0n) is 11.2. The van der Waals surface area contributed by atoms with Gasteiger partial charge >= 0.3 is 6.09 Å². The number of nitrogens with two attached hydrogens (primary N) is 1. The van der Waals surface area contributed by atoms with Crippen molar-refractivity contribution in [2.24, 2.45) is 5.73 Å². The number of benzene rings is 1. The monoisotopic (exact) mass is 302 g/mol. The molecule has 0 aliphatic heterocycles. The number of amides is 2. The van der Waals surface area contributed by atoms with Crippen LogP contribution in [0.4, 0.5) is 9.80 Å². The van der Waals surface area contributed by atoms with Crippen molar-refractivity contribution in [3.63, 3.8) is 0 Å². The zero-order chi connectivity index (χ0) is 14.8. The molecular formula is C15H14N2O3S. The van der Waals surface area contributed by atoms with Crippen molar-refractivity contribution >= 4 is 28.3 Å². The quantitative estimate of drug-likeness (QED) is 0.914. The normalized spacial score (nSPS) is 12.8. The maximum atomic E-state index is 11.9. The van der Waals surface area contributed by atoms with Crippen molar-refractivity contribution in [2.75, 3.05) is 5.32 Å². The van der Waals surface area contributed by atoms with E-state index in [2.05, 4.69) is 5.32 Å². The molecule has 0 spiro atoms. The molecule has 1 aromatic carbocycles. The molecule has 5 nitrogen and oxygen atoms in total. The van der Waals surface area contributed by atoms with Crippen LogP contribution in [-0.2, 0) is 12.8 Å². The zero-order valence-corrected chi connectivity index (χ0v) is 12.0. The number of primary amides is 1. The van der Waals surface area contributed by atoms with E-state index in [0.29, 0.717) is 16.3 Å². The second-order valence-electron chi connectivity index (χ2n) is 4.75. The Morgan fingerprint density at radius 1 is 1.19 bits per heavy atom. The minimum Gasteiger partial charge on any atom is -0.410 e. The van der Waals surface area contributed by atoms with Crippen LogP contribution in [0.5, 0.6) is 5.75 Å². The van der Waals surface area contributed by atoms with Gasteiger partial charge in [-0.1, -0.05) is 18.2 Å². The summed E-state index contributed by atoms with van der Waals surface area (Å²) in [5.74, 6) is -0.0656. The summed E-state index contributed by atoms with van der Waals surface area (Å²) in [5.41, 5.74) is 6.84. The topological polar surface area (TPSA) is 81.4 Å². The van der Waals surface area contributed by atoms with Crippen LogP contribution in [0.3, 0.4) is 0 Å². The maximum Gasteiger partial charge on any atom is 0.417 e. The second-order valence-corrected chi connectivity index (χ2v) is 5.86. The number of rotatable bonds is 3. The third-order valence-corrected chi connectivity index (χ3v) is 4.54. The highest BCUT2D eigenvalue weighted by Gasteiger charge is 2.26. The summed E-state index contributed by atoms with van der Waals surface area (Å²) in [4.78, 5) is 24.6. The molecule has 2 amide bonds. The fourth-order valence-electron chi connectivity index (χ4n) is 2.47. The largest absolute Gasteiger partial charge is 0.417 e. The summed E-state index contributed by atoms with van der Waals surface area (Å²) < 4.78 is 5.16. The maximum absolute atomic E-state index is 11.9. The summed E-state index contributed by atoms with van der Waals surface area (Å²) in [7, 11) is 0. The second kappa shape index (κ2) is 5.57. The van der Waals surface area contributed by atoms with Gasteiger partial charge < -0.3 is 10.5 Å². The Bertz CT molecular complexity index is 694. The van der Waals surface area contributed by atoms with Gasteiger partial charge in [0.15, 0.2) is 0 Å². The molecule has 21 heavy (non-hydrogen) atoms. The number of thiophene rings is 1. The predicted octanol–water partition coefficient (Wildman–Crippen LogP) is 2.95. The lowest BCUT2D eigenvalue weighted by molar-refractivity contribution is 0.100. The van der Waals surface area contributed by atoms with Gasteiger partial charge in [-0.2, -0.15) is 0 Å². The van der Waals surface area contributed by atoms with Gasteiger partial charge in [-0.3, -0.25) is 10.1 Å². The van der Waals surface area contributed by atoms with Crippen LogP contribution in [0.2, 0.25) is 0 Å². The summed E-state index contributed by atoms with van der Waals surface area (Å²) in [6, 6.07) is 8.75. The third-order valence-electron chi connectivity index (χ3n) is 3.34. The molecule has 1 aliphatic carbocycles. The Labute approximate surface area is 125 Å². The van der Waals surface area contributed by atoms with Gasteiger partial charge in [0, 0.05) is 4.88 Å². The number of carbonyl (C=O) groups is 2. The SMILES string of the molecule is NC(=O)c1c(NC(=O)Oc2ccccc2)sc2c1CCC2. The average Bonchev–Trinajstić information content (AvgIpc) is 2.99. The molecule has 3 N–H and O–H groups in total. The number of hydrogen-bond acceptors (Lipinski definition) is 4. The van der Waals surface area contributed by atoms with Crippen molar-refractivity contribution in [3.05, 3.63) is 46.3 Å². The fraction of sp³-hybridized carbons (Fsp3) is 0.200. The Hall–Kier alpha value is -2.34. The summed E-state index contributed by atoms with van der Waals surface area (Å²) in [5, 5.41) is 3.11. The molecule has 6 heteroatoms.